The van der Waals surface area contributed by atoms with Crippen LogP contribution in [-0.4, -0.2) is 35.4 Å². The Morgan fingerprint density at radius 1 is 0.500 bits per heavy atom. The molecule has 0 unspecified atom stereocenters. The lowest BCUT2D eigenvalue weighted by molar-refractivity contribution is -0.121. The molecule has 3 heterocycles. The van der Waals surface area contributed by atoms with Crippen LogP contribution in [-0.2, 0) is 28.8 Å². The molecule has 1 aromatic carbocycles. The molecule has 0 saturated heterocycles. The van der Waals surface area contributed by atoms with E-state index < -0.39 is 35.4 Å². The number of amides is 6. The fourth-order valence-electron chi connectivity index (χ4n) is 3.19. The normalized spacial score (nSPS) is 18.7. The van der Waals surface area contributed by atoms with Crippen LogP contribution in [0.15, 0.2) is 48.6 Å². The van der Waals surface area contributed by atoms with Gasteiger partial charge in [0.1, 0.15) is 0 Å². The average Bonchev–Trinajstić information content (AvgIpc) is 3.27. The fourth-order valence-corrected chi connectivity index (χ4v) is 3.19. The van der Waals surface area contributed by atoms with Gasteiger partial charge in [-0.2, -0.15) is 0 Å². The number of rotatable bonds is 3. The highest BCUT2D eigenvalue weighted by Crippen LogP contribution is 2.38. The molecule has 0 bridgehead atoms. The molecule has 28 heavy (non-hydrogen) atoms. The zero-order chi connectivity index (χ0) is 20.2. The van der Waals surface area contributed by atoms with Gasteiger partial charge >= 0.3 is 0 Å². The van der Waals surface area contributed by atoms with Crippen molar-refractivity contribution < 1.29 is 28.8 Å². The maximum Gasteiger partial charge on any atom is 0.258 e. The van der Waals surface area contributed by atoms with Crippen LogP contribution in [0, 0.1) is 6.92 Å². The lowest BCUT2D eigenvalue weighted by Gasteiger charge is -2.26. The van der Waals surface area contributed by atoms with Gasteiger partial charge < -0.3 is 0 Å². The summed E-state index contributed by atoms with van der Waals surface area (Å²) in [7, 11) is 0. The van der Waals surface area contributed by atoms with Crippen LogP contribution >= 0.6 is 0 Å². The summed E-state index contributed by atoms with van der Waals surface area (Å²) in [4.78, 5) is 75.3. The van der Waals surface area contributed by atoms with Crippen LogP contribution in [0.3, 0.4) is 0 Å². The fraction of sp³-hybridized carbons (Fsp3) is 0.0526. The monoisotopic (exact) mass is 377 g/mol. The van der Waals surface area contributed by atoms with Crippen LogP contribution < -0.4 is 14.7 Å². The summed E-state index contributed by atoms with van der Waals surface area (Å²) in [5, 5.41) is 0. The molecule has 0 aliphatic carbocycles. The standard InChI is InChI=1S/C19H11N3O6/c1-10-12(21-16(25)4-5-17(21)26)8-11(20-14(23)2-3-15(20)24)9-13(10)22-18(27)6-7-19(22)28/h2-9H,1H3. The Morgan fingerprint density at radius 3 is 1.11 bits per heavy atom. The van der Waals surface area contributed by atoms with Crippen molar-refractivity contribution in [2.75, 3.05) is 14.7 Å². The van der Waals surface area contributed by atoms with E-state index in [-0.39, 0.29) is 22.6 Å². The van der Waals surface area contributed by atoms with E-state index in [1.807, 2.05) is 0 Å². The third kappa shape index (κ3) is 2.41. The number of nitrogens with zero attached hydrogens (tertiary/aromatic N) is 3. The Labute approximate surface area is 157 Å². The molecule has 0 atom stereocenters. The molecular weight excluding hydrogens is 366 g/mol. The first-order valence-corrected chi connectivity index (χ1v) is 8.12. The molecule has 6 amide bonds. The van der Waals surface area contributed by atoms with Crippen molar-refractivity contribution in [1.29, 1.82) is 0 Å². The van der Waals surface area contributed by atoms with Crippen molar-refractivity contribution in [3.8, 4) is 0 Å². The summed E-state index contributed by atoms with van der Waals surface area (Å²) in [6.45, 7) is 1.53. The minimum atomic E-state index is -0.625. The number of carbonyl (C=O) groups is 6. The SMILES string of the molecule is Cc1c(N2C(=O)C=CC2=O)cc(N2C(=O)C=CC2=O)cc1N1C(=O)C=CC1=O. The minimum Gasteiger partial charge on any atom is -0.269 e. The number of hydrogen-bond acceptors (Lipinski definition) is 6. The van der Waals surface area contributed by atoms with Crippen LogP contribution in [0.1, 0.15) is 5.56 Å². The van der Waals surface area contributed by atoms with Crippen LogP contribution in [0.25, 0.3) is 0 Å². The molecule has 3 aliphatic rings. The number of hydrogen-bond donors (Lipinski definition) is 0. The molecule has 0 spiro atoms. The van der Waals surface area contributed by atoms with Gasteiger partial charge in [0, 0.05) is 36.5 Å². The zero-order valence-corrected chi connectivity index (χ0v) is 14.4. The Balaban J connectivity index is 1.93. The second kappa shape index (κ2) is 5.95. The molecule has 138 valence electrons. The van der Waals surface area contributed by atoms with Crippen molar-refractivity contribution in [2.24, 2.45) is 0 Å². The van der Waals surface area contributed by atoms with Gasteiger partial charge in [-0.05, 0) is 24.6 Å². The quantitative estimate of drug-likeness (QED) is 0.700. The maximum atomic E-state index is 12.2. The summed E-state index contributed by atoms with van der Waals surface area (Å²) >= 11 is 0. The molecule has 0 aromatic heterocycles. The summed E-state index contributed by atoms with van der Waals surface area (Å²) in [6.07, 6.45) is 6.46. The van der Waals surface area contributed by atoms with Crippen LogP contribution in [0.2, 0.25) is 0 Å². The average molecular weight is 377 g/mol. The maximum absolute atomic E-state index is 12.2. The van der Waals surface area contributed by atoms with E-state index in [9.17, 15) is 28.8 Å². The van der Waals surface area contributed by atoms with E-state index in [1.165, 1.54) is 19.1 Å². The molecule has 0 fully saturated rings. The Bertz CT molecular complexity index is 994. The molecule has 9 heteroatoms. The number of anilines is 3. The molecule has 9 nitrogen and oxygen atoms in total. The van der Waals surface area contributed by atoms with Crippen LogP contribution in [0.5, 0.6) is 0 Å². The van der Waals surface area contributed by atoms with E-state index >= 15 is 0 Å². The van der Waals surface area contributed by atoms with Gasteiger partial charge in [0.2, 0.25) is 0 Å². The highest BCUT2D eigenvalue weighted by molar-refractivity contribution is 6.32. The van der Waals surface area contributed by atoms with Gasteiger partial charge in [-0.3, -0.25) is 28.8 Å². The zero-order valence-electron chi connectivity index (χ0n) is 14.4. The minimum absolute atomic E-state index is 0.0237. The summed E-state index contributed by atoms with van der Waals surface area (Å²) in [6, 6.07) is 2.64. The Hall–Kier alpha value is -4.14. The first kappa shape index (κ1) is 17.3. The highest BCUT2D eigenvalue weighted by atomic mass is 16.2. The van der Waals surface area contributed by atoms with Crippen molar-refractivity contribution in [3.05, 3.63) is 54.2 Å². The molecule has 0 saturated carbocycles. The van der Waals surface area contributed by atoms with Gasteiger partial charge in [0.15, 0.2) is 0 Å². The number of carbonyl (C=O) groups excluding carboxylic acids is 6. The van der Waals surface area contributed by atoms with Gasteiger partial charge in [-0.25, -0.2) is 14.7 Å². The smallest absolute Gasteiger partial charge is 0.258 e. The second-order valence-corrected chi connectivity index (χ2v) is 6.14. The van der Waals surface area contributed by atoms with Crippen LogP contribution in [0.4, 0.5) is 17.1 Å². The third-order valence-corrected chi connectivity index (χ3v) is 4.51. The van der Waals surface area contributed by atoms with E-state index in [2.05, 4.69) is 0 Å². The second-order valence-electron chi connectivity index (χ2n) is 6.14. The van der Waals surface area contributed by atoms with Crippen molar-refractivity contribution >= 4 is 52.5 Å². The summed E-state index contributed by atoms with van der Waals surface area (Å²) in [5.41, 5.74) is 0.433. The topological polar surface area (TPSA) is 112 Å². The summed E-state index contributed by atoms with van der Waals surface area (Å²) < 4.78 is 0. The lowest BCUT2D eigenvalue weighted by atomic mass is 10.1. The first-order chi connectivity index (χ1) is 13.3. The van der Waals surface area contributed by atoms with E-state index in [4.69, 9.17) is 0 Å². The van der Waals surface area contributed by atoms with E-state index in [0.717, 1.165) is 51.2 Å². The molecule has 1 aromatic rings. The van der Waals surface area contributed by atoms with Crippen molar-refractivity contribution in [2.45, 2.75) is 6.92 Å². The lowest BCUT2D eigenvalue weighted by Crippen LogP contribution is -2.35. The van der Waals surface area contributed by atoms with Gasteiger partial charge in [0.25, 0.3) is 35.4 Å². The predicted octanol–water partition coefficient (Wildman–Crippen LogP) is 0.283. The third-order valence-electron chi connectivity index (χ3n) is 4.51. The number of benzene rings is 1. The summed E-state index contributed by atoms with van der Waals surface area (Å²) in [5.74, 6) is -3.73. The van der Waals surface area contributed by atoms with Crippen molar-refractivity contribution in [1.82, 2.24) is 0 Å². The molecule has 3 aliphatic heterocycles. The van der Waals surface area contributed by atoms with Gasteiger partial charge in [-0.15, -0.1) is 0 Å². The number of imide groups is 3. The largest absolute Gasteiger partial charge is 0.269 e. The first-order valence-electron chi connectivity index (χ1n) is 8.12. The molecule has 0 N–H and O–H groups in total. The molecule has 0 radical (unpaired) electrons. The highest BCUT2D eigenvalue weighted by Gasteiger charge is 2.34. The predicted molar refractivity (Wildman–Crippen MR) is 96.1 cm³/mol. The molecular formula is C19H11N3O6. The Kier molecular flexibility index (Phi) is 3.67. The van der Waals surface area contributed by atoms with Gasteiger partial charge in [-0.1, -0.05) is 0 Å². The van der Waals surface area contributed by atoms with Crippen molar-refractivity contribution in [3.63, 3.8) is 0 Å². The Morgan fingerprint density at radius 2 is 0.786 bits per heavy atom. The molecule has 4 rings (SSSR count). The van der Waals surface area contributed by atoms with E-state index in [1.54, 1.807) is 0 Å². The van der Waals surface area contributed by atoms with E-state index in [0.29, 0.717) is 0 Å². The van der Waals surface area contributed by atoms with Gasteiger partial charge in [0.05, 0.1) is 17.1 Å².